The molecule has 2 nitrogen and oxygen atoms in total. The summed E-state index contributed by atoms with van der Waals surface area (Å²) in [5, 5.41) is 10.6. The van der Waals surface area contributed by atoms with Crippen LogP contribution in [0.15, 0.2) is 42.5 Å². The summed E-state index contributed by atoms with van der Waals surface area (Å²) in [6.07, 6.45) is -0.808. The zero-order valence-corrected chi connectivity index (χ0v) is 11.8. The van der Waals surface area contributed by atoms with E-state index in [0.29, 0.717) is 12.1 Å². The Morgan fingerprint density at radius 3 is 2.55 bits per heavy atom. The predicted octanol–water partition coefficient (Wildman–Crippen LogP) is 3.22. The minimum absolute atomic E-state index is 0.240. The normalized spacial score (nSPS) is 14.1. The molecule has 0 aliphatic rings. The molecule has 2 aromatic rings. The van der Waals surface area contributed by atoms with Crippen LogP contribution in [0.1, 0.15) is 34.3 Å². The second-order valence-electron chi connectivity index (χ2n) is 5.20. The van der Waals surface area contributed by atoms with Crippen LogP contribution in [0, 0.1) is 19.7 Å². The molecule has 2 atom stereocenters. The molecule has 0 aliphatic carbocycles. The fraction of sp³-hybridized carbons (Fsp3) is 0.294. The number of hydrogen-bond donors (Lipinski definition) is 2. The number of nitrogens with two attached hydrogens (primary N) is 1. The van der Waals surface area contributed by atoms with Gasteiger partial charge in [0, 0.05) is 12.5 Å². The summed E-state index contributed by atoms with van der Waals surface area (Å²) >= 11 is 0. The van der Waals surface area contributed by atoms with Gasteiger partial charge < -0.3 is 10.8 Å². The van der Waals surface area contributed by atoms with Gasteiger partial charge in [-0.1, -0.05) is 35.9 Å². The zero-order chi connectivity index (χ0) is 14.7. The van der Waals surface area contributed by atoms with Crippen molar-refractivity contribution in [1.29, 1.82) is 0 Å². The molecule has 2 unspecified atom stereocenters. The third-order valence-corrected chi connectivity index (χ3v) is 3.67. The average molecular weight is 273 g/mol. The van der Waals surface area contributed by atoms with E-state index in [1.54, 1.807) is 6.07 Å². The van der Waals surface area contributed by atoms with E-state index in [-0.39, 0.29) is 11.7 Å². The van der Waals surface area contributed by atoms with Crippen LogP contribution in [0.4, 0.5) is 4.39 Å². The molecule has 2 rings (SSSR count). The van der Waals surface area contributed by atoms with E-state index in [2.05, 4.69) is 0 Å². The first-order valence-corrected chi connectivity index (χ1v) is 6.73. The Morgan fingerprint density at radius 1 is 1.15 bits per heavy atom. The molecule has 0 saturated carbocycles. The first-order valence-electron chi connectivity index (χ1n) is 6.73. The van der Waals surface area contributed by atoms with Crippen molar-refractivity contribution in [2.75, 3.05) is 6.54 Å². The fourth-order valence-electron chi connectivity index (χ4n) is 2.49. The number of rotatable bonds is 4. The Morgan fingerprint density at radius 2 is 1.90 bits per heavy atom. The Balaban J connectivity index is 2.38. The van der Waals surface area contributed by atoms with Crippen LogP contribution in [0.2, 0.25) is 0 Å². The highest BCUT2D eigenvalue weighted by Gasteiger charge is 2.23. The zero-order valence-electron chi connectivity index (χ0n) is 11.8. The standard InChI is InChI=1S/C17H20FNO/c1-11-4-3-5-13(8-11)16(10-19)17(20)15-9-14(18)7-6-12(15)2/h3-9,16-17,20H,10,19H2,1-2H3. The molecule has 0 saturated heterocycles. The van der Waals surface area contributed by atoms with E-state index in [4.69, 9.17) is 5.73 Å². The third-order valence-electron chi connectivity index (χ3n) is 3.67. The molecule has 0 aromatic heterocycles. The smallest absolute Gasteiger partial charge is 0.123 e. The monoisotopic (exact) mass is 273 g/mol. The van der Waals surface area contributed by atoms with Gasteiger partial charge in [-0.25, -0.2) is 4.39 Å². The maximum Gasteiger partial charge on any atom is 0.123 e. The van der Waals surface area contributed by atoms with Crippen molar-refractivity contribution in [2.45, 2.75) is 25.9 Å². The van der Waals surface area contributed by atoms with Gasteiger partial charge in [-0.3, -0.25) is 0 Å². The maximum atomic E-state index is 13.4. The van der Waals surface area contributed by atoms with Gasteiger partial charge in [-0.15, -0.1) is 0 Å². The number of halogens is 1. The van der Waals surface area contributed by atoms with Crippen molar-refractivity contribution < 1.29 is 9.50 Å². The van der Waals surface area contributed by atoms with E-state index in [1.165, 1.54) is 12.1 Å². The Kier molecular flexibility index (Phi) is 4.53. The second-order valence-corrected chi connectivity index (χ2v) is 5.20. The van der Waals surface area contributed by atoms with Crippen LogP contribution in [-0.4, -0.2) is 11.7 Å². The number of aliphatic hydroxyl groups is 1. The van der Waals surface area contributed by atoms with Crippen molar-refractivity contribution in [3.05, 3.63) is 70.5 Å². The SMILES string of the molecule is Cc1cccc(C(CN)C(O)c2cc(F)ccc2C)c1. The molecule has 3 N–H and O–H groups in total. The van der Waals surface area contributed by atoms with E-state index in [9.17, 15) is 9.50 Å². The topological polar surface area (TPSA) is 46.2 Å². The highest BCUT2D eigenvalue weighted by atomic mass is 19.1. The first-order chi connectivity index (χ1) is 9.52. The molecule has 0 amide bonds. The summed E-state index contributed by atoms with van der Waals surface area (Å²) in [6.45, 7) is 4.17. The van der Waals surface area contributed by atoms with Crippen LogP contribution >= 0.6 is 0 Å². The van der Waals surface area contributed by atoms with E-state index >= 15 is 0 Å². The molecule has 0 spiro atoms. The molecule has 0 fully saturated rings. The summed E-state index contributed by atoms with van der Waals surface area (Å²) in [5.41, 5.74) is 9.38. The van der Waals surface area contributed by atoms with Gasteiger partial charge in [0.05, 0.1) is 6.10 Å². The lowest BCUT2D eigenvalue weighted by Gasteiger charge is -2.24. The first kappa shape index (κ1) is 14.7. The van der Waals surface area contributed by atoms with Crippen LogP contribution < -0.4 is 5.73 Å². The minimum atomic E-state index is -0.808. The van der Waals surface area contributed by atoms with Gasteiger partial charge >= 0.3 is 0 Å². The Bertz CT molecular complexity index is 597. The lowest BCUT2D eigenvalue weighted by Crippen LogP contribution is -2.21. The van der Waals surface area contributed by atoms with Crippen LogP contribution in [-0.2, 0) is 0 Å². The van der Waals surface area contributed by atoms with Crippen molar-refractivity contribution in [3.63, 3.8) is 0 Å². The highest BCUT2D eigenvalue weighted by Crippen LogP contribution is 2.32. The van der Waals surface area contributed by atoms with Gasteiger partial charge in [0.1, 0.15) is 5.82 Å². The van der Waals surface area contributed by atoms with Gasteiger partial charge in [-0.05, 0) is 42.7 Å². The highest BCUT2D eigenvalue weighted by molar-refractivity contribution is 5.34. The van der Waals surface area contributed by atoms with Crippen molar-refractivity contribution >= 4 is 0 Å². The Hall–Kier alpha value is -1.71. The van der Waals surface area contributed by atoms with Gasteiger partial charge in [-0.2, -0.15) is 0 Å². The summed E-state index contributed by atoms with van der Waals surface area (Å²) in [5.74, 6) is -0.583. The molecule has 106 valence electrons. The van der Waals surface area contributed by atoms with Crippen molar-refractivity contribution in [2.24, 2.45) is 5.73 Å². The minimum Gasteiger partial charge on any atom is -0.388 e. The number of hydrogen-bond acceptors (Lipinski definition) is 2. The third kappa shape index (κ3) is 3.06. The lowest BCUT2D eigenvalue weighted by atomic mass is 9.87. The predicted molar refractivity (Wildman–Crippen MR) is 79.1 cm³/mol. The second kappa shape index (κ2) is 6.16. The molecule has 0 bridgehead atoms. The molecule has 0 aliphatic heterocycles. The summed E-state index contributed by atoms with van der Waals surface area (Å²) in [7, 11) is 0. The van der Waals surface area contributed by atoms with Crippen molar-refractivity contribution in [1.82, 2.24) is 0 Å². The lowest BCUT2D eigenvalue weighted by molar-refractivity contribution is 0.146. The van der Waals surface area contributed by atoms with Crippen LogP contribution in [0.25, 0.3) is 0 Å². The molecule has 2 aromatic carbocycles. The average Bonchev–Trinajstić information content (AvgIpc) is 2.42. The largest absolute Gasteiger partial charge is 0.388 e. The van der Waals surface area contributed by atoms with Crippen LogP contribution in [0.5, 0.6) is 0 Å². The summed E-state index contributed by atoms with van der Waals surface area (Å²) in [4.78, 5) is 0. The fourth-order valence-corrected chi connectivity index (χ4v) is 2.49. The van der Waals surface area contributed by atoms with Gasteiger partial charge in [0.15, 0.2) is 0 Å². The Labute approximate surface area is 119 Å². The van der Waals surface area contributed by atoms with E-state index in [0.717, 1.165) is 16.7 Å². The van der Waals surface area contributed by atoms with E-state index in [1.807, 2.05) is 38.1 Å². The molecular formula is C17H20FNO. The van der Waals surface area contributed by atoms with E-state index < -0.39 is 6.10 Å². The van der Waals surface area contributed by atoms with Crippen LogP contribution in [0.3, 0.4) is 0 Å². The maximum absolute atomic E-state index is 13.4. The number of aryl methyl sites for hydroxylation is 2. The van der Waals surface area contributed by atoms with Gasteiger partial charge in [0.25, 0.3) is 0 Å². The summed E-state index contributed by atoms with van der Waals surface area (Å²) in [6, 6.07) is 12.4. The van der Waals surface area contributed by atoms with Crippen molar-refractivity contribution in [3.8, 4) is 0 Å². The number of aliphatic hydroxyl groups excluding tert-OH is 1. The molecule has 0 radical (unpaired) electrons. The quantitative estimate of drug-likeness (QED) is 0.898. The molecule has 20 heavy (non-hydrogen) atoms. The molecule has 0 heterocycles. The number of benzene rings is 2. The molecular weight excluding hydrogens is 253 g/mol. The van der Waals surface area contributed by atoms with Gasteiger partial charge in [0.2, 0.25) is 0 Å². The molecule has 3 heteroatoms. The summed E-state index contributed by atoms with van der Waals surface area (Å²) < 4.78 is 13.4.